The molecule has 14 nitrogen and oxygen atoms in total. The number of non-ortho nitro benzene ring substituents is 1. The van der Waals surface area contributed by atoms with Gasteiger partial charge in [0, 0.05) is 17.7 Å². The average Bonchev–Trinajstić information content (AvgIpc) is 2.68. The van der Waals surface area contributed by atoms with Gasteiger partial charge >= 0.3 is 0 Å². The Morgan fingerprint density at radius 3 is 2.00 bits per heavy atom. The van der Waals surface area contributed by atoms with Crippen molar-refractivity contribution < 1.29 is 35.5 Å². The summed E-state index contributed by atoms with van der Waals surface area (Å²) in [6.07, 6.45) is 3.25. The standard InChI is InChI=1S/C10H8N2O.C6H3N3O7.H2O/c13-12-7-8-5-6-11-10-4-2-1-3-9(8)10;10-6-4(8(13)14)1-3(7(11)12)2-5(6)9(15)16;/h1-7,13H;1-2,10H;1H2/b12-7+;;. The maximum absolute atomic E-state index is 11.1. The van der Waals surface area contributed by atoms with Gasteiger partial charge < -0.3 is 15.8 Å². The van der Waals surface area contributed by atoms with Crippen molar-refractivity contribution in [1.29, 1.82) is 0 Å². The molecule has 0 unspecified atom stereocenters. The molecule has 0 bridgehead atoms. The number of para-hydroxylation sites is 1. The van der Waals surface area contributed by atoms with Crippen LogP contribution in [-0.4, -0.2) is 31.7 Å². The van der Waals surface area contributed by atoms with Crippen LogP contribution in [0.3, 0.4) is 0 Å². The Hall–Kier alpha value is -4.72. The second-order valence-corrected chi connectivity index (χ2v) is 5.31. The molecule has 0 fully saturated rings. The lowest BCUT2D eigenvalue weighted by Gasteiger charge is -2.06. The Morgan fingerprint density at radius 1 is 0.933 bits per heavy atom. The van der Waals surface area contributed by atoms with E-state index in [1.54, 1.807) is 0 Å². The smallest absolute Gasteiger partial charge is 0.283 e. The number of rotatable bonds is 4. The Kier molecular flexibility index (Phi) is 7.77. The van der Waals surface area contributed by atoms with Gasteiger partial charge in [0.1, 0.15) is 0 Å². The highest BCUT2D eigenvalue weighted by molar-refractivity contribution is 5.96. The van der Waals surface area contributed by atoms with Gasteiger partial charge in [-0.1, -0.05) is 17.3 Å². The minimum atomic E-state index is -1.46. The first-order valence-electron chi connectivity index (χ1n) is 7.61. The number of oxime groups is 1. The molecule has 4 N–H and O–H groups in total. The number of hydrogen-bond donors (Lipinski definition) is 1. The van der Waals surface area contributed by atoms with Crippen LogP contribution in [0, 0.1) is 30.3 Å². The molecule has 0 aliphatic rings. The third kappa shape index (κ3) is 5.17. The molecule has 0 aliphatic carbocycles. The predicted molar refractivity (Wildman–Crippen MR) is 99.3 cm³/mol. The fourth-order valence-corrected chi connectivity index (χ4v) is 2.31. The lowest BCUT2D eigenvalue weighted by molar-refractivity contribution is -0.420. The number of nitrogens with one attached hydrogen (secondary N) is 1. The van der Waals surface area contributed by atoms with Gasteiger partial charge in [0.2, 0.25) is 5.52 Å². The summed E-state index contributed by atoms with van der Waals surface area (Å²) < 4.78 is 0. The van der Waals surface area contributed by atoms with Crippen molar-refractivity contribution in [3.8, 4) is 5.75 Å². The van der Waals surface area contributed by atoms with E-state index in [4.69, 9.17) is 5.21 Å². The molecule has 0 aliphatic heterocycles. The van der Waals surface area contributed by atoms with Crippen LogP contribution in [0.15, 0.2) is 53.8 Å². The minimum absolute atomic E-state index is 0. The summed E-state index contributed by atoms with van der Waals surface area (Å²) in [7, 11) is 0. The van der Waals surface area contributed by atoms with E-state index >= 15 is 0 Å². The lowest BCUT2D eigenvalue weighted by atomic mass is 10.1. The van der Waals surface area contributed by atoms with E-state index in [1.807, 2.05) is 36.5 Å². The normalized spacial score (nSPS) is 10.0. The fourth-order valence-electron chi connectivity index (χ4n) is 2.31. The van der Waals surface area contributed by atoms with Gasteiger partial charge in [-0.15, -0.1) is 0 Å². The third-order valence-electron chi connectivity index (χ3n) is 3.58. The molecule has 0 saturated carbocycles. The molecule has 0 amide bonds. The fraction of sp³-hybridized carbons (Fsp3) is 0. The highest BCUT2D eigenvalue weighted by Gasteiger charge is 2.24. The predicted octanol–water partition coefficient (Wildman–Crippen LogP) is 1.12. The maximum atomic E-state index is 11.1. The zero-order valence-corrected chi connectivity index (χ0v) is 14.8. The first kappa shape index (κ1) is 23.3. The van der Waals surface area contributed by atoms with Crippen LogP contribution in [0.1, 0.15) is 5.56 Å². The van der Waals surface area contributed by atoms with Crippen molar-refractivity contribution in [2.45, 2.75) is 0 Å². The molecule has 2 aromatic carbocycles. The number of aromatic nitrogens is 1. The van der Waals surface area contributed by atoms with Gasteiger partial charge in [-0.3, -0.25) is 30.3 Å². The van der Waals surface area contributed by atoms with Gasteiger partial charge in [0.05, 0.1) is 44.3 Å². The summed E-state index contributed by atoms with van der Waals surface area (Å²) in [5.41, 5.74) is -1.34. The van der Waals surface area contributed by atoms with Gasteiger partial charge in [-0.25, -0.2) is 4.98 Å². The van der Waals surface area contributed by atoms with Crippen LogP contribution >= 0.6 is 0 Å². The molecule has 0 saturated heterocycles. The number of pyridine rings is 1. The van der Waals surface area contributed by atoms with Crippen molar-refractivity contribution in [2.75, 3.05) is 0 Å². The minimum Gasteiger partial charge on any atom is -0.863 e. The number of fused-ring (bicyclic) bond motifs is 1. The molecule has 30 heavy (non-hydrogen) atoms. The Labute approximate surface area is 166 Å². The van der Waals surface area contributed by atoms with E-state index in [-0.39, 0.29) is 5.48 Å². The molecular weight excluding hydrogens is 406 g/mol. The Balaban J connectivity index is 0.000000295. The number of hydrogen-bond acceptors (Lipinski definition) is 9. The zero-order valence-electron chi connectivity index (χ0n) is 14.8. The van der Waals surface area contributed by atoms with E-state index < -0.39 is 37.6 Å². The van der Waals surface area contributed by atoms with Crippen LogP contribution in [-0.2, 0) is 0 Å². The van der Waals surface area contributed by atoms with Crippen LogP contribution in [0.25, 0.3) is 10.9 Å². The Bertz CT molecular complexity index is 1090. The molecule has 0 radical (unpaired) electrons. The van der Waals surface area contributed by atoms with Crippen LogP contribution in [0.4, 0.5) is 17.1 Å². The Morgan fingerprint density at radius 2 is 1.50 bits per heavy atom. The van der Waals surface area contributed by atoms with E-state index in [1.165, 1.54) is 6.21 Å². The number of aromatic amines is 1. The van der Waals surface area contributed by atoms with Crippen molar-refractivity contribution >= 4 is 34.2 Å². The monoisotopic (exact) mass is 419 g/mol. The van der Waals surface area contributed by atoms with E-state index in [0.717, 1.165) is 16.5 Å². The van der Waals surface area contributed by atoms with Crippen LogP contribution in [0.5, 0.6) is 5.75 Å². The first-order valence-corrected chi connectivity index (χ1v) is 7.61. The van der Waals surface area contributed by atoms with E-state index in [9.17, 15) is 35.4 Å². The van der Waals surface area contributed by atoms with Crippen molar-refractivity contribution in [2.24, 2.45) is 5.16 Å². The van der Waals surface area contributed by atoms with Crippen molar-refractivity contribution in [1.82, 2.24) is 0 Å². The maximum Gasteiger partial charge on any atom is 0.283 e. The summed E-state index contributed by atoms with van der Waals surface area (Å²) in [6.45, 7) is 0. The lowest BCUT2D eigenvalue weighted by Crippen LogP contribution is -2.04. The molecule has 0 atom stereocenters. The summed E-state index contributed by atoms with van der Waals surface area (Å²) >= 11 is 0. The van der Waals surface area contributed by atoms with Crippen LogP contribution in [0.2, 0.25) is 0 Å². The number of nitrogens with zero attached hydrogens (tertiary/aromatic N) is 4. The summed E-state index contributed by atoms with van der Waals surface area (Å²) in [5, 5.41) is 54.6. The van der Waals surface area contributed by atoms with E-state index in [0.29, 0.717) is 12.1 Å². The second-order valence-electron chi connectivity index (χ2n) is 5.31. The summed E-state index contributed by atoms with van der Waals surface area (Å²) in [4.78, 5) is 30.6. The third-order valence-corrected chi connectivity index (χ3v) is 3.58. The highest BCUT2D eigenvalue weighted by atomic mass is 16.6. The first-order chi connectivity index (χ1) is 13.8. The molecule has 14 heteroatoms. The zero-order chi connectivity index (χ0) is 21.6. The largest absolute Gasteiger partial charge is 0.863 e. The topological polar surface area (TPSA) is 231 Å². The van der Waals surface area contributed by atoms with Gasteiger partial charge in [-0.05, 0) is 6.07 Å². The second kappa shape index (κ2) is 10.00. The van der Waals surface area contributed by atoms with E-state index in [2.05, 4.69) is 10.1 Å². The molecule has 156 valence electrons. The van der Waals surface area contributed by atoms with Crippen molar-refractivity contribution in [3.05, 3.63) is 84.6 Å². The SMILES string of the molecule is O.O/N=C/c1cc[nH+]c2ccccc12.O=[N+]([O-])c1cc([N+](=O)[O-])c([O-])c([N+](=O)[O-])c1. The quantitative estimate of drug-likeness (QED) is 0.278. The number of benzene rings is 2. The van der Waals surface area contributed by atoms with Crippen molar-refractivity contribution in [3.63, 3.8) is 0 Å². The molecule has 0 spiro atoms. The molecule has 3 aromatic rings. The average molecular weight is 419 g/mol. The molecular formula is C16H13N5O9. The molecule has 1 aromatic heterocycles. The van der Waals surface area contributed by atoms with Crippen LogP contribution < -0.4 is 10.1 Å². The van der Waals surface area contributed by atoms with Gasteiger partial charge in [-0.2, -0.15) is 0 Å². The number of nitro benzene ring substituents is 3. The highest BCUT2D eigenvalue weighted by Crippen LogP contribution is 2.36. The number of H-pyrrole nitrogens is 1. The summed E-state index contributed by atoms with van der Waals surface area (Å²) in [6, 6.07) is 10.5. The molecule has 3 rings (SSSR count). The van der Waals surface area contributed by atoms with Gasteiger partial charge in [0.15, 0.2) is 6.20 Å². The molecule has 1 heterocycles. The number of nitro groups is 3. The van der Waals surface area contributed by atoms with Gasteiger partial charge in [0.25, 0.3) is 17.1 Å². The summed E-state index contributed by atoms with van der Waals surface area (Å²) in [5.74, 6) is -1.46.